The van der Waals surface area contributed by atoms with Gasteiger partial charge in [-0.05, 0) is 0 Å². The van der Waals surface area contributed by atoms with E-state index in [9.17, 15) is 4.79 Å². The van der Waals surface area contributed by atoms with Crippen molar-refractivity contribution in [1.82, 2.24) is 4.98 Å². The molecule has 6 heteroatoms. The predicted octanol–water partition coefficient (Wildman–Crippen LogP) is -2.07. The lowest BCUT2D eigenvalue weighted by atomic mass is 9.79. The van der Waals surface area contributed by atoms with Crippen LogP contribution in [-0.4, -0.2) is 22.2 Å². The standard InChI is InChI=1S/C6H5BN2O3/c8-3-5-4(7(11)12)1-2-6(10)9-5/h1-2,11-12H,(H,9,10). The molecular formula is C6H5BN2O3. The van der Waals surface area contributed by atoms with Crippen molar-refractivity contribution < 1.29 is 10.0 Å². The minimum Gasteiger partial charge on any atom is -0.423 e. The lowest BCUT2D eigenvalue weighted by Gasteiger charge is -1.99. The van der Waals surface area contributed by atoms with Gasteiger partial charge in [-0.3, -0.25) is 4.79 Å². The minimum atomic E-state index is -1.74. The van der Waals surface area contributed by atoms with Crippen molar-refractivity contribution >= 4 is 12.6 Å². The highest BCUT2D eigenvalue weighted by atomic mass is 16.4. The number of hydrogen-bond donors (Lipinski definition) is 3. The number of nitrogens with one attached hydrogen (secondary N) is 1. The molecule has 0 amide bonds. The van der Waals surface area contributed by atoms with E-state index >= 15 is 0 Å². The number of aromatic amines is 1. The number of hydrogen-bond acceptors (Lipinski definition) is 4. The minimum absolute atomic E-state index is 0.00269. The van der Waals surface area contributed by atoms with Gasteiger partial charge in [0, 0.05) is 11.5 Å². The summed E-state index contributed by atoms with van der Waals surface area (Å²) in [4.78, 5) is 12.8. The van der Waals surface area contributed by atoms with Crippen LogP contribution in [0.25, 0.3) is 0 Å². The maximum Gasteiger partial charge on any atom is 0.491 e. The van der Waals surface area contributed by atoms with Crippen molar-refractivity contribution in [3.63, 3.8) is 0 Å². The third kappa shape index (κ3) is 1.53. The molecule has 1 aromatic heterocycles. The van der Waals surface area contributed by atoms with Crippen LogP contribution in [0.3, 0.4) is 0 Å². The number of aromatic nitrogens is 1. The number of rotatable bonds is 1. The van der Waals surface area contributed by atoms with Gasteiger partial charge in [0.1, 0.15) is 11.8 Å². The fourth-order valence-electron chi connectivity index (χ4n) is 0.794. The summed E-state index contributed by atoms with van der Waals surface area (Å²) in [6.07, 6.45) is 0. The van der Waals surface area contributed by atoms with Crippen LogP contribution in [0.4, 0.5) is 0 Å². The first-order valence-corrected chi connectivity index (χ1v) is 3.14. The van der Waals surface area contributed by atoms with E-state index < -0.39 is 12.7 Å². The van der Waals surface area contributed by atoms with Crippen molar-refractivity contribution in [2.75, 3.05) is 0 Å². The molecule has 0 unspecified atom stereocenters. The first kappa shape index (κ1) is 8.52. The Balaban J connectivity index is 3.32. The van der Waals surface area contributed by atoms with Crippen LogP contribution >= 0.6 is 0 Å². The fourth-order valence-corrected chi connectivity index (χ4v) is 0.794. The molecule has 0 saturated carbocycles. The predicted molar refractivity (Wildman–Crippen MR) is 41.6 cm³/mol. The van der Waals surface area contributed by atoms with Gasteiger partial charge in [0.2, 0.25) is 5.56 Å². The zero-order valence-corrected chi connectivity index (χ0v) is 5.98. The van der Waals surface area contributed by atoms with Gasteiger partial charge in [-0.15, -0.1) is 0 Å². The zero-order chi connectivity index (χ0) is 9.14. The quantitative estimate of drug-likeness (QED) is 0.415. The summed E-state index contributed by atoms with van der Waals surface area (Å²) < 4.78 is 0. The fraction of sp³-hybridized carbons (Fsp3) is 0. The van der Waals surface area contributed by atoms with Gasteiger partial charge in [0.15, 0.2) is 0 Å². The molecule has 60 valence electrons. The molecule has 5 nitrogen and oxygen atoms in total. The molecule has 0 aliphatic carbocycles. The van der Waals surface area contributed by atoms with Gasteiger partial charge < -0.3 is 15.0 Å². The van der Waals surface area contributed by atoms with E-state index in [0.717, 1.165) is 6.07 Å². The third-order valence-corrected chi connectivity index (χ3v) is 1.34. The highest BCUT2D eigenvalue weighted by Crippen LogP contribution is 1.84. The van der Waals surface area contributed by atoms with E-state index in [1.807, 2.05) is 0 Å². The van der Waals surface area contributed by atoms with Crippen LogP contribution in [0.2, 0.25) is 0 Å². The largest absolute Gasteiger partial charge is 0.491 e. The van der Waals surface area contributed by atoms with E-state index in [4.69, 9.17) is 15.3 Å². The Morgan fingerprint density at radius 2 is 2.17 bits per heavy atom. The molecule has 0 atom stereocenters. The molecule has 1 rings (SSSR count). The number of nitrogens with zero attached hydrogens (tertiary/aromatic N) is 1. The summed E-state index contributed by atoms with van der Waals surface area (Å²) in [5.41, 5.74) is -0.578. The highest BCUT2D eigenvalue weighted by Gasteiger charge is 2.15. The second-order valence-electron chi connectivity index (χ2n) is 2.14. The normalized spacial score (nSPS) is 9.08. The van der Waals surface area contributed by atoms with Gasteiger partial charge in [-0.25, -0.2) is 0 Å². The Morgan fingerprint density at radius 3 is 2.67 bits per heavy atom. The summed E-state index contributed by atoms with van der Waals surface area (Å²) in [6, 6.07) is 3.96. The van der Waals surface area contributed by atoms with Crippen molar-refractivity contribution in [3.05, 3.63) is 28.2 Å². The highest BCUT2D eigenvalue weighted by molar-refractivity contribution is 6.59. The summed E-state index contributed by atoms with van der Waals surface area (Å²) in [6.45, 7) is 0. The van der Waals surface area contributed by atoms with Crippen molar-refractivity contribution in [1.29, 1.82) is 5.26 Å². The molecule has 0 spiro atoms. The van der Waals surface area contributed by atoms with E-state index in [-0.39, 0.29) is 11.2 Å². The maximum atomic E-state index is 10.7. The first-order chi connectivity index (χ1) is 5.65. The molecule has 12 heavy (non-hydrogen) atoms. The summed E-state index contributed by atoms with van der Waals surface area (Å²) >= 11 is 0. The van der Waals surface area contributed by atoms with Crippen LogP contribution in [0, 0.1) is 11.3 Å². The van der Waals surface area contributed by atoms with Crippen LogP contribution in [0.15, 0.2) is 16.9 Å². The summed E-state index contributed by atoms with van der Waals surface area (Å²) in [5, 5.41) is 25.9. The average Bonchev–Trinajstić information content (AvgIpc) is 2.03. The molecule has 0 fully saturated rings. The van der Waals surface area contributed by atoms with Gasteiger partial charge in [-0.2, -0.15) is 5.26 Å². The molecule has 0 saturated heterocycles. The SMILES string of the molecule is N#Cc1[nH]c(=O)ccc1B(O)O. The van der Waals surface area contributed by atoms with E-state index in [1.165, 1.54) is 6.07 Å². The van der Waals surface area contributed by atoms with Crippen LogP contribution < -0.4 is 11.0 Å². The van der Waals surface area contributed by atoms with Gasteiger partial charge in [0.25, 0.3) is 0 Å². The number of pyridine rings is 1. The second kappa shape index (κ2) is 3.22. The lowest BCUT2D eigenvalue weighted by molar-refractivity contribution is 0.425. The smallest absolute Gasteiger partial charge is 0.423 e. The van der Waals surface area contributed by atoms with Crippen LogP contribution in [0.1, 0.15) is 5.69 Å². The third-order valence-electron chi connectivity index (χ3n) is 1.34. The Labute approximate surface area is 68.1 Å². The molecule has 0 aliphatic rings. The van der Waals surface area contributed by atoms with Crippen molar-refractivity contribution in [2.45, 2.75) is 0 Å². The maximum absolute atomic E-state index is 10.7. The number of H-pyrrole nitrogens is 1. The topological polar surface area (TPSA) is 97.1 Å². The summed E-state index contributed by atoms with van der Waals surface area (Å²) in [5.74, 6) is 0. The molecular weight excluding hydrogens is 159 g/mol. The van der Waals surface area contributed by atoms with Crippen molar-refractivity contribution in [3.8, 4) is 6.07 Å². The number of nitriles is 1. The van der Waals surface area contributed by atoms with Crippen molar-refractivity contribution in [2.24, 2.45) is 0 Å². The Hall–Kier alpha value is -1.58. The molecule has 0 radical (unpaired) electrons. The Bertz CT molecular complexity index is 379. The molecule has 0 aliphatic heterocycles. The Kier molecular flexibility index (Phi) is 2.28. The molecule has 1 aromatic rings. The van der Waals surface area contributed by atoms with Gasteiger partial charge in [-0.1, -0.05) is 6.07 Å². The van der Waals surface area contributed by atoms with Crippen LogP contribution in [0.5, 0.6) is 0 Å². The average molecular weight is 164 g/mol. The zero-order valence-electron chi connectivity index (χ0n) is 5.98. The van der Waals surface area contributed by atoms with Gasteiger partial charge in [0.05, 0.1) is 0 Å². The lowest BCUT2D eigenvalue weighted by Crippen LogP contribution is -2.34. The van der Waals surface area contributed by atoms with E-state index in [1.54, 1.807) is 6.07 Å². The monoisotopic (exact) mass is 164 g/mol. The molecule has 3 N–H and O–H groups in total. The van der Waals surface area contributed by atoms with E-state index in [2.05, 4.69) is 4.98 Å². The molecule has 1 heterocycles. The molecule has 0 bridgehead atoms. The Morgan fingerprint density at radius 1 is 1.50 bits per heavy atom. The molecule has 0 aromatic carbocycles. The van der Waals surface area contributed by atoms with Gasteiger partial charge >= 0.3 is 7.12 Å². The second-order valence-corrected chi connectivity index (χ2v) is 2.14. The van der Waals surface area contributed by atoms with Crippen LogP contribution in [-0.2, 0) is 0 Å². The first-order valence-electron chi connectivity index (χ1n) is 3.14. The summed E-state index contributed by atoms with van der Waals surface area (Å²) in [7, 11) is -1.74. The van der Waals surface area contributed by atoms with E-state index in [0.29, 0.717) is 0 Å².